The number of thioether (sulfide) groups is 1. The summed E-state index contributed by atoms with van der Waals surface area (Å²) in [5, 5.41) is 0.885. The minimum absolute atomic E-state index is 0.610. The molecule has 0 heterocycles. The second-order valence-corrected chi connectivity index (χ2v) is 8.10. The predicted octanol–water partition coefficient (Wildman–Crippen LogP) is 7.55. The molecule has 0 aliphatic heterocycles. The number of allylic oxidation sites excluding steroid dienone is 3. The van der Waals surface area contributed by atoms with Crippen LogP contribution in [0.1, 0.15) is 43.7 Å². The van der Waals surface area contributed by atoms with Crippen LogP contribution in [-0.2, 0) is 17.8 Å². The SMILES string of the molecule is CCCCc1ccc(SC2=CC(OCc3ccccc3)=CCC2)cc1Cl. The van der Waals surface area contributed by atoms with Gasteiger partial charge in [-0.05, 0) is 66.0 Å². The van der Waals surface area contributed by atoms with Crippen LogP contribution < -0.4 is 0 Å². The van der Waals surface area contributed by atoms with Crippen LogP contribution in [0.4, 0.5) is 0 Å². The summed E-state index contributed by atoms with van der Waals surface area (Å²) in [4.78, 5) is 2.53. The highest BCUT2D eigenvalue weighted by molar-refractivity contribution is 8.03. The summed E-state index contributed by atoms with van der Waals surface area (Å²) < 4.78 is 5.97. The van der Waals surface area contributed by atoms with Gasteiger partial charge in [0, 0.05) is 9.92 Å². The second kappa shape index (κ2) is 9.89. The highest BCUT2D eigenvalue weighted by Crippen LogP contribution is 2.35. The summed E-state index contributed by atoms with van der Waals surface area (Å²) in [5.74, 6) is 0.966. The third kappa shape index (κ3) is 5.69. The van der Waals surface area contributed by atoms with Crippen molar-refractivity contribution in [2.24, 2.45) is 0 Å². The summed E-state index contributed by atoms with van der Waals surface area (Å²) in [6.07, 6.45) is 9.85. The molecule has 2 aromatic rings. The Balaban J connectivity index is 1.59. The molecule has 0 radical (unpaired) electrons. The monoisotopic (exact) mass is 384 g/mol. The van der Waals surface area contributed by atoms with Crippen molar-refractivity contribution in [3.63, 3.8) is 0 Å². The molecule has 1 aliphatic rings. The van der Waals surface area contributed by atoms with Crippen molar-refractivity contribution in [1.82, 2.24) is 0 Å². The predicted molar refractivity (Wildman–Crippen MR) is 113 cm³/mol. The number of halogens is 1. The molecule has 1 nitrogen and oxygen atoms in total. The van der Waals surface area contributed by atoms with E-state index in [1.807, 2.05) is 18.2 Å². The van der Waals surface area contributed by atoms with Crippen molar-refractivity contribution in [3.05, 3.63) is 87.5 Å². The van der Waals surface area contributed by atoms with Gasteiger partial charge in [-0.2, -0.15) is 0 Å². The Hall–Kier alpha value is -1.64. The van der Waals surface area contributed by atoms with Gasteiger partial charge in [0.25, 0.3) is 0 Å². The molecular weight excluding hydrogens is 360 g/mol. The van der Waals surface area contributed by atoms with Gasteiger partial charge in [-0.15, -0.1) is 0 Å². The van der Waals surface area contributed by atoms with Crippen LogP contribution in [0, 0.1) is 0 Å². The lowest BCUT2D eigenvalue weighted by Gasteiger charge is -2.15. The van der Waals surface area contributed by atoms with E-state index in [0.717, 1.165) is 30.0 Å². The first-order valence-electron chi connectivity index (χ1n) is 9.28. The number of ether oxygens (including phenoxy) is 1. The van der Waals surface area contributed by atoms with Crippen molar-refractivity contribution in [1.29, 1.82) is 0 Å². The van der Waals surface area contributed by atoms with Gasteiger partial charge < -0.3 is 4.74 Å². The zero-order valence-corrected chi connectivity index (χ0v) is 16.8. The highest BCUT2D eigenvalue weighted by atomic mass is 35.5. The van der Waals surface area contributed by atoms with Gasteiger partial charge in [0.05, 0.1) is 0 Å². The van der Waals surface area contributed by atoms with E-state index in [4.69, 9.17) is 16.3 Å². The van der Waals surface area contributed by atoms with Gasteiger partial charge in [-0.3, -0.25) is 0 Å². The molecule has 0 aromatic heterocycles. The zero-order valence-electron chi connectivity index (χ0n) is 15.2. The molecule has 0 N–H and O–H groups in total. The minimum atomic E-state index is 0.610. The molecule has 0 amide bonds. The molecule has 3 rings (SSSR count). The fraction of sp³-hybridized carbons (Fsp3) is 0.304. The number of hydrogen-bond acceptors (Lipinski definition) is 2. The Morgan fingerprint density at radius 2 is 1.96 bits per heavy atom. The summed E-state index contributed by atoms with van der Waals surface area (Å²) in [5.41, 5.74) is 2.44. The third-order valence-electron chi connectivity index (χ3n) is 4.36. The number of aryl methyl sites for hydroxylation is 1. The Kier molecular flexibility index (Phi) is 7.28. The summed E-state index contributed by atoms with van der Waals surface area (Å²) >= 11 is 8.25. The van der Waals surface area contributed by atoms with Crippen LogP contribution in [0.2, 0.25) is 5.02 Å². The van der Waals surface area contributed by atoms with E-state index < -0.39 is 0 Å². The van der Waals surface area contributed by atoms with Crippen molar-refractivity contribution >= 4 is 23.4 Å². The Morgan fingerprint density at radius 1 is 1.12 bits per heavy atom. The van der Waals surface area contributed by atoms with Gasteiger partial charge in [0.1, 0.15) is 12.4 Å². The van der Waals surface area contributed by atoms with E-state index in [2.05, 4.69) is 49.4 Å². The molecule has 0 bridgehead atoms. The van der Waals surface area contributed by atoms with Crippen molar-refractivity contribution in [2.75, 3.05) is 0 Å². The van der Waals surface area contributed by atoms with Crippen LogP contribution in [-0.4, -0.2) is 0 Å². The lowest BCUT2D eigenvalue weighted by atomic mass is 10.1. The number of unbranched alkanes of at least 4 members (excludes halogenated alkanes) is 1. The largest absolute Gasteiger partial charge is 0.489 e. The van der Waals surface area contributed by atoms with Gasteiger partial charge >= 0.3 is 0 Å². The van der Waals surface area contributed by atoms with Crippen molar-refractivity contribution < 1.29 is 4.74 Å². The second-order valence-electron chi connectivity index (χ2n) is 6.49. The first kappa shape index (κ1) is 19.1. The normalized spacial score (nSPS) is 13.9. The average molecular weight is 385 g/mol. The van der Waals surface area contributed by atoms with E-state index in [9.17, 15) is 0 Å². The van der Waals surface area contributed by atoms with Crippen molar-refractivity contribution in [2.45, 2.75) is 50.5 Å². The zero-order chi connectivity index (χ0) is 18.2. The minimum Gasteiger partial charge on any atom is -0.489 e. The molecule has 0 saturated heterocycles. The molecule has 26 heavy (non-hydrogen) atoms. The molecule has 2 aromatic carbocycles. The van der Waals surface area contributed by atoms with E-state index in [-0.39, 0.29) is 0 Å². The van der Waals surface area contributed by atoms with Crippen LogP contribution in [0.5, 0.6) is 0 Å². The molecular formula is C23H25ClOS. The van der Waals surface area contributed by atoms with Crippen LogP contribution in [0.25, 0.3) is 0 Å². The lowest BCUT2D eigenvalue weighted by molar-refractivity contribution is 0.209. The lowest BCUT2D eigenvalue weighted by Crippen LogP contribution is -1.96. The molecule has 3 heteroatoms. The van der Waals surface area contributed by atoms with E-state index in [0.29, 0.717) is 6.61 Å². The standard InChI is InChI=1S/C23H25ClOS/c1-2-3-10-19-13-14-22(16-23(19)24)26-21-12-7-11-20(15-21)25-17-18-8-5-4-6-9-18/h4-6,8-9,11,13-16H,2-3,7,10,12,17H2,1H3. The van der Waals surface area contributed by atoms with Crippen LogP contribution in [0.15, 0.2) is 76.2 Å². The summed E-state index contributed by atoms with van der Waals surface area (Å²) in [6, 6.07) is 16.7. The fourth-order valence-electron chi connectivity index (χ4n) is 2.88. The Labute approximate surface area is 166 Å². The molecule has 1 aliphatic carbocycles. The average Bonchev–Trinajstić information content (AvgIpc) is 2.67. The van der Waals surface area contributed by atoms with Gasteiger partial charge in [-0.25, -0.2) is 0 Å². The summed E-state index contributed by atoms with van der Waals surface area (Å²) in [6.45, 7) is 2.82. The Bertz CT molecular complexity index is 780. The molecule has 0 unspecified atom stereocenters. The van der Waals surface area contributed by atoms with Crippen LogP contribution >= 0.6 is 23.4 Å². The first-order chi connectivity index (χ1) is 12.7. The molecule has 0 atom stereocenters. The molecule has 0 fully saturated rings. The number of hydrogen-bond donors (Lipinski definition) is 0. The van der Waals surface area contributed by atoms with E-state index in [1.165, 1.54) is 33.8 Å². The third-order valence-corrected chi connectivity index (χ3v) is 5.79. The smallest absolute Gasteiger partial charge is 0.116 e. The summed E-state index contributed by atoms with van der Waals surface area (Å²) in [7, 11) is 0. The first-order valence-corrected chi connectivity index (χ1v) is 10.5. The highest BCUT2D eigenvalue weighted by Gasteiger charge is 2.10. The molecule has 136 valence electrons. The number of rotatable bonds is 8. The van der Waals surface area contributed by atoms with Crippen LogP contribution in [0.3, 0.4) is 0 Å². The maximum absolute atomic E-state index is 6.46. The number of benzene rings is 2. The Morgan fingerprint density at radius 3 is 2.73 bits per heavy atom. The maximum atomic E-state index is 6.46. The maximum Gasteiger partial charge on any atom is 0.116 e. The molecule has 0 spiro atoms. The van der Waals surface area contributed by atoms with Gasteiger partial charge in [0.2, 0.25) is 0 Å². The van der Waals surface area contributed by atoms with Gasteiger partial charge in [-0.1, -0.05) is 73.1 Å². The van der Waals surface area contributed by atoms with E-state index in [1.54, 1.807) is 11.8 Å². The molecule has 0 saturated carbocycles. The van der Waals surface area contributed by atoms with E-state index >= 15 is 0 Å². The quantitative estimate of drug-likeness (QED) is 0.464. The van der Waals surface area contributed by atoms with Crippen molar-refractivity contribution in [3.8, 4) is 0 Å². The van der Waals surface area contributed by atoms with Gasteiger partial charge in [0.15, 0.2) is 0 Å². The topological polar surface area (TPSA) is 9.23 Å². The fourth-order valence-corrected chi connectivity index (χ4v) is 4.23.